The molecule has 0 bridgehead atoms. The molecule has 0 aliphatic rings. The first-order valence-electron chi connectivity index (χ1n) is 8.41. The molecule has 0 fully saturated rings. The van der Waals surface area contributed by atoms with E-state index in [1.807, 2.05) is 54.6 Å². The molecule has 1 amide bonds. The van der Waals surface area contributed by atoms with Crippen LogP contribution in [-0.4, -0.2) is 29.5 Å². The van der Waals surface area contributed by atoms with Crippen molar-refractivity contribution in [1.82, 2.24) is 9.47 Å². The van der Waals surface area contributed by atoms with E-state index in [0.717, 1.165) is 16.9 Å². The van der Waals surface area contributed by atoms with Crippen LogP contribution >= 0.6 is 23.6 Å². The molecule has 0 radical (unpaired) electrons. The van der Waals surface area contributed by atoms with E-state index in [0.29, 0.717) is 27.7 Å². The lowest BCUT2D eigenvalue weighted by atomic mass is 10.2. The smallest absolute Gasteiger partial charge is 0.267 e. The Balaban J connectivity index is 1.79. The third kappa shape index (κ3) is 4.37. The molecule has 0 atom stereocenters. The Morgan fingerprint density at radius 1 is 1.15 bits per heavy atom. The largest absolute Gasteiger partial charge is 0.497 e. The molecule has 3 rings (SSSR count). The average molecular weight is 400 g/mol. The number of aromatic nitrogens is 1. The summed E-state index contributed by atoms with van der Waals surface area (Å²) >= 11 is 6.70. The van der Waals surface area contributed by atoms with Crippen LogP contribution in [0.1, 0.15) is 20.8 Å². The van der Waals surface area contributed by atoms with Gasteiger partial charge in [-0.15, -0.1) is 0 Å². The van der Waals surface area contributed by atoms with Gasteiger partial charge in [0.15, 0.2) is 3.95 Å². The van der Waals surface area contributed by atoms with Crippen molar-refractivity contribution in [3.05, 3.63) is 74.6 Å². The number of benzene rings is 2. The lowest BCUT2D eigenvalue weighted by Gasteiger charge is -2.17. The second-order valence-corrected chi connectivity index (χ2v) is 7.81. The highest BCUT2D eigenvalue weighted by molar-refractivity contribution is 7.73. The highest BCUT2D eigenvalue weighted by atomic mass is 32.1. The van der Waals surface area contributed by atoms with Crippen molar-refractivity contribution in [2.75, 3.05) is 19.9 Å². The predicted molar refractivity (Wildman–Crippen MR) is 112 cm³/mol. The molecule has 1 heterocycles. The van der Waals surface area contributed by atoms with Gasteiger partial charge in [0, 0.05) is 13.6 Å². The molecule has 2 N–H and O–H groups in total. The van der Waals surface area contributed by atoms with Crippen LogP contribution in [0.5, 0.6) is 5.75 Å². The molecule has 0 spiro atoms. The van der Waals surface area contributed by atoms with Gasteiger partial charge in [0.25, 0.3) is 5.91 Å². The van der Waals surface area contributed by atoms with Gasteiger partial charge in [-0.25, -0.2) is 0 Å². The number of carbonyl (C=O) groups is 1. The molecule has 0 aliphatic heterocycles. The monoisotopic (exact) mass is 399 g/mol. The zero-order valence-electron chi connectivity index (χ0n) is 15.2. The minimum Gasteiger partial charge on any atom is -0.497 e. The molecule has 0 aliphatic carbocycles. The number of hydrogen-bond donors (Lipinski definition) is 1. The van der Waals surface area contributed by atoms with E-state index in [2.05, 4.69) is 0 Å². The fourth-order valence-electron chi connectivity index (χ4n) is 2.73. The molecule has 0 saturated carbocycles. The van der Waals surface area contributed by atoms with Crippen molar-refractivity contribution in [3.63, 3.8) is 0 Å². The van der Waals surface area contributed by atoms with Crippen LogP contribution in [0.25, 0.3) is 0 Å². The van der Waals surface area contributed by atoms with Gasteiger partial charge in [0.1, 0.15) is 16.4 Å². The summed E-state index contributed by atoms with van der Waals surface area (Å²) in [7, 11) is 3.40. The molecule has 140 valence electrons. The van der Waals surface area contributed by atoms with Gasteiger partial charge >= 0.3 is 0 Å². The van der Waals surface area contributed by atoms with Gasteiger partial charge < -0.3 is 19.9 Å². The third-order valence-electron chi connectivity index (χ3n) is 4.24. The van der Waals surface area contributed by atoms with Crippen molar-refractivity contribution < 1.29 is 9.53 Å². The van der Waals surface area contributed by atoms with E-state index in [4.69, 9.17) is 22.7 Å². The SMILES string of the molecule is COc1ccc(Cn2c(N)c(C(=O)N(C)Cc3ccccc3)sc2=S)cc1. The summed E-state index contributed by atoms with van der Waals surface area (Å²) in [5.74, 6) is 1.07. The van der Waals surface area contributed by atoms with Crippen LogP contribution in [-0.2, 0) is 13.1 Å². The Bertz CT molecular complexity index is 979. The second kappa shape index (κ2) is 8.37. The first-order chi connectivity index (χ1) is 13.0. The Kier molecular flexibility index (Phi) is 5.93. The summed E-state index contributed by atoms with van der Waals surface area (Å²) in [4.78, 5) is 15.0. The average Bonchev–Trinajstić information content (AvgIpc) is 2.97. The van der Waals surface area contributed by atoms with Gasteiger partial charge in [-0.1, -0.05) is 53.8 Å². The molecule has 3 aromatic rings. The number of amides is 1. The number of nitrogens with two attached hydrogens (primary N) is 1. The highest BCUT2D eigenvalue weighted by Crippen LogP contribution is 2.25. The maximum absolute atomic E-state index is 12.9. The van der Waals surface area contributed by atoms with E-state index in [-0.39, 0.29) is 5.91 Å². The maximum Gasteiger partial charge on any atom is 0.267 e. The van der Waals surface area contributed by atoms with Gasteiger partial charge in [-0.3, -0.25) is 4.79 Å². The first-order valence-corrected chi connectivity index (χ1v) is 9.63. The lowest BCUT2D eigenvalue weighted by Crippen LogP contribution is -2.26. The van der Waals surface area contributed by atoms with Crippen LogP contribution in [0.4, 0.5) is 5.82 Å². The second-order valence-electron chi connectivity index (χ2n) is 6.16. The molecule has 1 aromatic heterocycles. The number of rotatable bonds is 6. The number of anilines is 1. The van der Waals surface area contributed by atoms with E-state index < -0.39 is 0 Å². The molecule has 0 unspecified atom stereocenters. The number of nitrogens with zero attached hydrogens (tertiary/aromatic N) is 2. The number of ether oxygens (including phenoxy) is 1. The Morgan fingerprint density at radius 2 is 1.81 bits per heavy atom. The van der Waals surface area contributed by atoms with Crippen molar-refractivity contribution in [2.24, 2.45) is 0 Å². The molecule has 5 nitrogen and oxygen atoms in total. The van der Waals surface area contributed by atoms with Gasteiger partial charge in [-0.2, -0.15) is 0 Å². The summed E-state index contributed by atoms with van der Waals surface area (Å²) in [5.41, 5.74) is 8.37. The van der Waals surface area contributed by atoms with Crippen molar-refractivity contribution >= 4 is 35.3 Å². The summed E-state index contributed by atoms with van der Waals surface area (Å²) in [5, 5.41) is 0. The van der Waals surface area contributed by atoms with Crippen LogP contribution in [0.2, 0.25) is 0 Å². The highest BCUT2D eigenvalue weighted by Gasteiger charge is 2.20. The van der Waals surface area contributed by atoms with Crippen LogP contribution in [0.3, 0.4) is 0 Å². The van der Waals surface area contributed by atoms with Gasteiger partial charge in [-0.05, 0) is 35.5 Å². The standard InChI is InChI=1S/C20H21N3O2S2/c1-22(12-14-6-4-3-5-7-14)19(24)17-18(21)23(20(26)27-17)13-15-8-10-16(25-2)11-9-15/h3-11H,12-13,21H2,1-2H3. The van der Waals surface area contributed by atoms with E-state index >= 15 is 0 Å². The summed E-state index contributed by atoms with van der Waals surface area (Å²) in [6.45, 7) is 1.03. The van der Waals surface area contributed by atoms with Gasteiger partial charge in [0.2, 0.25) is 0 Å². The molecule has 7 heteroatoms. The zero-order valence-corrected chi connectivity index (χ0v) is 16.8. The Morgan fingerprint density at radius 3 is 2.44 bits per heavy atom. The van der Waals surface area contributed by atoms with Crippen molar-refractivity contribution in [3.8, 4) is 5.75 Å². The number of thiazole rings is 1. The number of nitrogen functional groups attached to an aromatic ring is 1. The summed E-state index contributed by atoms with van der Waals surface area (Å²) < 4.78 is 7.56. The Hall–Kier alpha value is -2.64. The first kappa shape index (κ1) is 19.1. The lowest BCUT2D eigenvalue weighted by molar-refractivity contribution is 0.0790. The van der Waals surface area contributed by atoms with E-state index in [1.54, 1.807) is 23.6 Å². The molecular weight excluding hydrogens is 378 g/mol. The van der Waals surface area contributed by atoms with Crippen LogP contribution in [0.15, 0.2) is 54.6 Å². The molecule has 0 saturated heterocycles. The third-order valence-corrected chi connectivity index (χ3v) is 5.69. The molecule has 2 aromatic carbocycles. The van der Waals surface area contributed by atoms with Crippen LogP contribution in [0, 0.1) is 3.95 Å². The zero-order chi connectivity index (χ0) is 19.4. The van der Waals surface area contributed by atoms with Gasteiger partial charge in [0.05, 0.1) is 13.7 Å². The van der Waals surface area contributed by atoms with Crippen LogP contribution < -0.4 is 10.5 Å². The molecular formula is C20H21N3O2S2. The maximum atomic E-state index is 12.9. The fraction of sp³-hybridized carbons (Fsp3) is 0.200. The summed E-state index contributed by atoms with van der Waals surface area (Å²) in [6.07, 6.45) is 0. The van der Waals surface area contributed by atoms with Crippen molar-refractivity contribution in [1.29, 1.82) is 0 Å². The minimum atomic E-state index is -0.124. The van der Waals surface area contributed by atoms with E-state index in [1.165, 1.54) is 11.3 Å². The number of methoxy groups -OCH3 is 1. The minimum absolute atomic E-state index is 0.124. The van der Waals surface area contributed by atoms with E-state index in [9.17, 15) is 4.79 Å². The number of carbonyl (C=O) groups excluding carboxylic acids is 1. The van der Waals surface area contributed by atoms with Crippen molar-refractivity contribution in [2.45, 2.75) is 13.1 Å². The Labute approximate surface area is 167 Å². The quantitative estimate of drug-likeness (QED) is 0.632. The normalized spacial score (nSPS) is 10.6. The topological polar surface area (TPSA) is 60.5 Å². The summed E-state index contributed by atoms with van der Waals surface area (Å²) in [6, 6.07) is 17.5. The number of hydrogen-bond acceptors (Lipinski definition) is 5. The molecule has 27 heavy (non-hydrogen) atoms. The fourth-order valence-corrected chi connectivity index (χ4v) is 4.05. The predicted octanol–water partition coefficient (Wildman–Crippen LogP) is 4.19.